The maximum Gasteiger partial charge on any atom is 0.279 e. The summed E-state index contributed by atoms with van der Waals surface area (Å²) in [7, 11) is 0. The second kappa shape index (κ2) is 4.96. The third kappa shape index (κ3) is 2.97. The summed E-state index contributed by atoms with van der Waals surface area (Å²) in [5.41, 5.74) is 0.887. The number of alkyl halides is 3. The number of aryl methyl sites for hydroxylation is 1. The molecule has 0 unspecified atom stereocenters. The molecule has 1 aromatic carbocycles. The van der Waals surface area contributed by atoms with E-state index in [0.29, 0.717) is 11.1 Å². The number of nitrogens with zero attached hydrogens (tertiary/aromatic N) is 3. The first kappa shape index (κ1) is 14.0. The molecule has 1 aromatic heterocycles. The second-order valence-corrected chi connectivity index (χ2v) is 5.96. The molecule has 0 amide bonds. The monoisotopic (exact) mass is 321 g/mol. The van der Waals surface area contributed by atoms with Crippen molar-refractivity contribution in [3.63, 3.8) is 0 Å². The third-order valence-electron chi connectivity index (χ3n) is 2.33. The quantitative estimate of drug-likeness (QED) is 0.477. The summed E-state index contributed by atoms with van der Waals surface area (Å²) in [5, 5.41) is 14.5. The molecule has 19 heavy (non-hydrogen) atoms. The maximum atomic E-state index is 10.8. The van der Waals surface area contributed by atoms with Crippen LogP contribution in [0.1, 0.15) is 11.5 Å². The van der Waals surface area contributed by atoms with Gasteiger partial charge in [-0.2, -0.15) is 4.98 Å². The van der Waals surface area contributed by atoms with Crippen LogP contribution >= 0.6 is 34.8 Å². The van der Waals surface area contributed by atoms with Crippen LogP contribution < -0.4 is 0 Å². The minimum atomic E-state index is -1.83. The van der Waals surface area contributed by atoms with Gasteiger partial charge in [0.05, 0.1) is 4.92 Å². The van der Waals surface area contributed by atoms with Gasteiger partial charge in [0, 0.05) is 17.2 Å². The third-order valence-corrected chi connectivity index (χ3v) is 2.82. The Morgan fingerprint density at radius 2 is 2.05 bits per heavy atom. The van der Waals surface area contributed by atoms with Gasteiger partial charge in [-0.25, -0.2) is 0 Å². The largest absolute Gasteiger partial charge is 0.334 e. The zero-order valence-electron chi connectivity index (χ0n) is 9.43. The first-order valence-electron chi connectivity index (χ1n) is 4.95. The number of rotatable bonds is 2. The van der Waals surface area contributed by atoms with Crippen LogP contribution in [-0.2, 0) is 3.79 Å². The highest BCUT2D eigenvalue weighted by atomic mass is 35.6. The predicted molar refractivity (Wildman–Crippen MR) is 70.4 cm³/mol. The molecule has 0 spiro atoms. The highest BCUT2D eigenvalue weighted by molar-refractivity contribution is 6.66. The summed E-state index contributed by atoms with van der Waals surface area (Å²) >= 11 is 16.8. The number of nitro groups is 1. The lowest BCUT2D eigenvalue weighted by molar-refractivity contribution is -0.385. The molecule has 0 bridgehead atoms. The van der Waals surface area contributed by atoms with Crippen molar-refractivity contribution in [3.8, 4) is 11.4 Å². The standard InChI is InChI=1S/C10H6Cl3N3O3/c1-5-2-3-6(4-7(5)16(17)18)8-14-9(19-15-8)10(11,12)13/h2-4H,1H3. The van der Waals surface area contributed by atoms with E-state index in [1.54, 1.807) is 19.1 Å². The SMILES string of the molecule is Cc1ccc(-c2noc(C(Cl)(Cl)Cl)n2)cc1[N+](=O)[O-]. The Balaban J connectivity index is 2.45. The Morgan fingerprint density at radius 3 is 2.58 bits per heavy atom. The number of aromatic nitrogens is 2. The van der Waals surface area contributed by atoms with Gasteiger partial charge in [-0.3, -0.25) is 10.1 Å². The number of benzene rings is 1. The van der Waals surface area contributed by atoms with Gasteiger partial charge in [-0.05, 0) is 6.92 Å². The normalized spacial score (nSPS) is 11.6. The van der Waals surface area contributed by atoms with E-state index in [1.807, 2.05) is 0 Å². The van der Waals surface area contributed by atoms with Crippen LogP contribution in [0.3, 0.4) is 0 Å². The average Bonchev–Trinajstić information content (AvgIpc) is 2.78. The fraction of sp³-hybridized carbons (Fsp3) is 0.200. The van der Waals surface area contributed by atoms with Crippen LogP contribution in [0.25, 0.3) is 11.4 Å². The zero-order valence-corrected chi connectivity index (χ0v) is 11.7. The Morgan fingerprint density at radius 1 is 1.37 bits per heavy atom. The number of halogens is 3. The number of nitro benzene ring substituents is 1. The first-order valence-corrected chi connectivity index (χ1v) is 6.09. The Hall–Kier alpha value is -1.37. The van der Waals surface area contributed by atoms with E-state index in [2.05, 4.69) is 10.1 Å². The van der Waals surface area contributed by atoms with Crippen LogP contribution in [0.2, 0.25) is 0 Å². The fourth-order valence-electron chi connectivity index (χ4n) is 1.40. The molecule has 0 aliphatic heterocycles. The number of hydrogen-bond acceptors (Lipinski definition) is 5. The van der Waals surface area contributed by atoms with Crippen LogP contribution in [0, 0.1) is 17.0 Å². The van der Waals surface area contributed by atoms with E-state index in [-0.39, 0.29) is 17.4 Å². The highest BCUT2D eigenvalue weighted by Gasteiger charge is 2.31. The molecule has 0 fully saturated rings. The van der Waals surface area contributed by atoms with E-state index in [4.69, 9.17) is 39.3 Å². The van der Waals surface area contributed by atoms with Crippen molar-refractivity contribution < 1.29 is 9.45 Å². The molecule has 0 saturated heterocycles. The van der Waals surface area contributed by atoms with Gasteiger partial charge in [0.2, 0.25) is 5.82 Å². The molecule has 9 heteroatoms. The lowest BCUT2D eigenvalue weighted by atomic mass is 10.1. The van der Waals surface area contributed by atoms with Gasteiger partial charge >= 0.3 is 0 Å². The predicted octanol–water partition coefficient (Wildman–Crippen LogP) is 3.78. The molecule has 1 heterocycles. The summed E-state index contributed by atoms with van der Waals surface area (Å²) in [5.74, 6) is -0.0832. The van der Waals surface area contributed by atoms with E-state index >= 15 is 0 Å². The molecule has 0 atom stereocenters. The van der Waals surface area contributed by atoms with Crippen LogP contribution in [0.15, 0.2) is 22.7 Å². The minimum absolute atomic E-state index is 0.0438. The van der Waals surface area contributed by atoms with E-state index in [1.165, 1.54) is 6.07 Å². The summed E-state index contributed by atoms with van der Waals surface area (Å²) in [6.45, 7) is 1.63. The molecule has 0 aliphatic carbocycles. The molecule has 0 radical (unpaired) electrons. The average molecular weight is 323 g/mol. The van der Waals surface area contributed by atoms with Crippen molar-refractivity contribution in [1.29, 1.82) is 0 Å². The minimum Gasteiger partial charge on any atom is -0.334 e. The van der Waals surface area contributed by atoms with E-state index < -0.39 is 8.72 Å². The fourth-order valence-corrected chi connectivity index (χ4v) is 1.63. The van der Waals surface area contributed by atoms with Crippen LogP contribution in [0.4, 0.5) is 5.69 Å². The second-order valence-electron chi connectivity index (χ2n) is 3.68. The van der Waals surface area contributed by atoms with Crippen molar-refractivity contribution in [2.24, 2.45) is 0 Å². The Kier molecular flexibility index (Phi) is 3.66. The zero-order chi connectivity index (χ0) is 14.2. The van der Waals surface area contributed by atoms with Gasteiger partial charge in [-0.15, -0.1) is 0 Å². The highest BCUT2D eigenvalue weighted by Crippen LogP contribution is 2.37. The first-order chi connectivity index (χ1) is 8.79. The molecule has 0 saturated carbocycles. The van der Waals surface area contributed by atoms with Crippen LogP contribution in [-0.4, -0.2) is 15.1 Å². The molecule has 100 valence electrons. The van der Waals surface area contributed by atoms with E-state index in [0.717, 1.165) is 0 Å². The summed E-state index contributed by atoms with van der Waals surface area (Å²) in [4.78, 5) is 14.2. The Bertz CT molecular complexity index is 636. The summed E-state index contributed by atoms with van der Waals surface area (Å²) in [6.07, 6.45) is 0. The molecule has 0 aliphatic rings. The summed E-state index contributed by atoms with van der Waals surface area (Å²) < 4.78 is 2.96. The van der Waals surface area contributed by atoms with Crippen molar-refractivity contribution in [3.05, 3.63) is 39.8 Å². The molecular formula is C10H6Cl3N3O3. The lowest BCUT2D eigenvalue weighted by Gasteiger charge is -2.01. The van der Waals surface area contributed by atoms with Crippen molar-refractivity contribution in [2.75, 3.05) is 0 Å². The molecule has 6 nitrogen and oxygen atoms in total. The van der Waals surface area contributed by atoms with Crippen molar-refractivity contribution in [1.82, 2.24) is 10.1 Å². The lowest BCUT2D eigenvalue weighted by Crippen LogP contribution is -1.99. The van der Waals surface area contributed by atoms with Gasteiger partial charge in [0.1, 0.15) is 0 Å². The van der Waals surface area contributed by atoms with Crippen molar-refractivity contribution in [2.45, 2.75) is 10.7 Å². The van der Waals surface area contributed by atoms with Crippen LogP contribution in [0.5, 0.6) is 0 Å². The van der Waals surface area contributed by atoms with E-state index in [9.17, 15) is 10.1 Å². The Labute approximate surface area is 122 Å². The van der Waals surface area contributed by atoms with Gasteiger partial charge < -0.3 is 4.52 Å². The van der Waals surface area contributed by atoms with Gasteiger partial charge in [0.25, 0.3) is 15.4 Å². The van der Waals surface area contributed by atoms with Crippen molar-refractivity contribution >= 4 is 40.5 Å². The molecule has 2 aromatic rings. The van der Waals surface area contributed by atoms with Gasteiger partial charge in [0.15, 0.2) is 0 Å². The number of hydrogen-bond donors (Lipinski definition) is 0. The molecule has 0 N–H and O–H groups in total. The summed E-state index contributed by atoms with van der Waals surface area (Å²) in [6, 6.07) is 4.54. The molecular weight excluding hydrogens is 316 g/mol. The topological polar surface area (TPSA) is 82.1 Å². The maximum absolute atomic E-state index is 10.8. The van der Waals surface area contributed by atoms with Gasteiger partial charge in [-0.1, -0.05) is 52.1 Å². The molecule has 2 rings (SSSR count). The smallest absolute Gasteiger partial charge is 0.279 e.